The van der Waals surface area contributed by atoms with Crippen LogP contribution in [0.1, 0.15) is 52.4 Å². The molecule has 0 amide bonds. The van der Waals surface area contributed by atoms with Crippen molar-refractivity contribution in [3.8, 4) is 0 Å². The van der Waals surface area contributed by atoms with Crippen LogP contribution in [0.2, 0.25) is 0 Å². The first-order valence-corrected chi connectivity index (χ1v) is 5.36. The van der Waals surface area contributed by atoms with Gasteiger partial charge in [-0.05, 0) is 38.0 Å². The second-order valence-electron chi connectivity index (χ2n) is 4.15. The summed E-state index contributed by atoms with van der Waals surface area (Å²) in [7, 11) is 0. The predicted molar refractivity (Wildman–Crippen MR) is 52.4 cm³/mol. The van der Waals surface area contributed by atoms with Crippen molar-refractivity contribution in [1.82, 2.24) is 0 Å². The van der Waals surface area contributed by atoms with Crippen molar-refractivity contribution in [2.45, 2.75) is 58.0 Å². The first-order valence-electron chi connectivity index (χ1n) is 5.36. The molecule has 0 aromatic rings. The van der Waals surface area contributed by atoms with E-state index in [2.05, 4.69) is 13.8 Å². The Bertz CT molecular complexity index is 159. The van der Waals surface area contributed by atoms with Gasteiger partial charge < -0.3 is 4.74 Å². The van der Waals surface area contributed by atoms with Crippen LogP contribution >= 0.6 is 0 Å². The topological polar surface area (TPSA) is 26.3 Å². The Hall–Kier alpha value is -0.530. The summed E-state index contributed by atoms with van der Waals surface area (Å²) in [6.07, 6.45) is 6.91. The largest absolute Gasteiger partial charge is 0.461 e. The molecule has 0 N–H and O–H groups in total. The third-order valence-corrected chi connectivity index (χ3v) is 3.49. The number of ether oxygens (including phenoxy) is 1. The van der Waals surface area contributed by atoms with E-state index >= 15 is 0 Å². The SMILES string of the molecule is CCC(C)C1(OC=O)CCCCC1. The summed E-state index contributed by atoms with van der Waals surface area (Å²) in [5, 5.41) is 0. The van der Waals surface area contributed by atoms with Gasteiger partial charge >= 0.3 is 0 Å². The molecule has 13 heavy (non-hydrogen) atoms. The van der Waals surface area contributed by atoms with Gasteiger partial charge in [-0.1, -0.05) is 20.3 Å². The molecule has 76 valence electrons. The maximum absolute atomic E-state index is 10.5. The molecule has 0 radical (unpaired) electrons. The molecule has 1 atom stereocenters. The van der Waals surface area contributed by atoms with Crippen molar-refractivity contribution in [2.75, 3.05) is 0 Å². The van der Waals surface area contributed by atoms with Crippen LogP contribution in [0.3, 0.4) is 0 Å². The molecule has 1 rings (SSSR count). The highest BCUT2D eigenvalue weighted by Gasteiger charge is 2.38. The zero-order valence-corrected chi connectivity index (χ0v) is 8.71. The van der Waals surface area contributed by atoms with Gasteiger partial charge in [0, 0.05) is 0 Å². The van der Waals surface area contributed by atoms with Crippen LogP contribution < -0.4 is 0 Å². The maximum Gasteiger partial charge on any atom is 0.293 e. The van der Waals surface area contributed by atoms with Crippen molar-refractivity contribution < 1.29 is 9.53 Å². The summed E-state index contributed by atoms with van der Waals surface area (Å²) >= 11 is 0. The molecule has 0 bridgehead atoms. The molecular weight excluding hydrogens is 164 g/mol. The van der Waals surface area contributed by atoms with Crippen molar-refractivity contribution >= 4 is 6.47 Å². The van der Waals surface area contributed by atoms with Gasteiger partial charge in [-0.25, -0.2) is 0 Å². The third-order valence-electron chi connectivity index (χ3n) is 3.49. The summed E-state index contributed by atoms with van der Waals surface area (Å²) in [6, 6.07) is 0. The molecule has 0 saturated heterocycles. The minimum Gasteiger partial charge on any atom is -0.461 e. The Morgan fingerprint density at radius 3 is 2.46 bits per heavy atom. The van der Waals surface area contributed by atoms with Gasteiger partial charge in [-0.2, -0.15) is 0 Å². The van der Waals surface area contributed by atoms with Crippen LogP contribution in [0, 0.1) is 5.92 Å². The molecular formula is C11H20O2. The van der Waals surface area contributed by atoms with E-state index in [9.17, 15) is 4.79 Å². The molecule has 1 aliphatic rings. The van der Waals surface area contributed by atoms with Crippen molar-refractivity contribution in [1.29, 1.82) is 0 Å². The van der Waals surface area contributed by atoms with Crippen LogP contribution in [0.4, 0.5) is 0 Å². The zero-order chi connectivity index (χ0) is 9.73. The average Bonchev–Trinajstić information content (AvgIpc) is 2.18. The molecule has 0 heterocycles. The van der Waals surface area contributed by atoms with E-state index in [1.165, 1.54) is 19.3 Å². The molecule has 1 aliphatic carbocycles. The van der Waals surface area contributed by atoms with Crippen LogP contribution in [0.5, 0.6) is 0 Å². The molecule has 2 nitrogen and oxygen atoms in total. The van der Waals surface area contributed by atoms with Crippen LogP contribution in [0.15, 0.2) is 0 Å². The molecule has 0 aliphatic heterocycles. The molecule has 0 aromatic heterocycles. The van der Waals surface area contributed by atoms with Gasteiger partial charge in [0.05, 0.1) is 0 Å². The van der Waals surface area contributed by atoms with Crippen molar-refractivity contribution in [2.24, 2.45) is 5.92 Å². The highest BCUT2D eigenvalue weighted by atomic mass is 16.5. The predicted octanol–water partition coefficient (Wildman–Crippen LogP) is 2.91. The van der Waals surface area contributed by atoms with Crippen LogP contribution in [-0.4, -0.2) is 12.1 Å². The highest BCUT2D eigenvalue weighted by Crippen LogP contribution is 2.38. The lowest BCUT2D eigenvalue weighted by atomic mass is 9.75. The lowest BCUT2D eigenvalue weighted by Crippen LogP contribution is -2.41. The summed E-state index contributed by atoms with van der Waals surface area (Å²) < 4.78 is 5.34. The van der Waals surface area contributed by atoms with Gasteiger partial charge in [0.2, 0.25) is 0 Å². The lowest BCUT2D eigenvalue weighted by molar-refractivity contribution is -0.154. The Morgan fingerprint density at radius 2 is 2.00 bits per heavy atom. The van der Waals surface area contributed by atoms with Gasteiger partial charge in [0.1, 0.15) is 5.60 Å². The molecule has 1 fully saturated rings. The van der Waals surface area contributed by atoms with Crippen molar-refractivity contribution in [3.63, 3.8) is 0 Å². The standard InChI is InChI=1S/C11H20O2/c1-3-10(2)11(13-9-12)7-5-4-6-8-11/h9-10H,3-8H2,1-2H3. The molecule has 0 aromatic carbocycles. The Kier molecular flexibility index (Phi) is 3.76. The Labute approximate surface area is 80.7 Å². The lowest BCUT2D eigenvalue weighted by Gasteiger charge is -2.40. The molecule has 1 saturated carbocycles. The van der Waals surface area contributed by atoms with E-state index in [1.54, 1.807) is 0 Å². The Balaban J connectivity index is 2.65. The summed E-state index contributed by atoms with van der Waals surface area (Å²) in [6.45, 7) is 4.99. The fourth-order valence-corrected chi connectivity index (χ4v) is 2.34. The third kappa shape index (κ3) is 2.23. The van der Waals surface area contributed by atoms with E-state index in [0.717, 1.165) is 19.3 Å². The number of carbonyl (C=O) groups excluding carboxylic acids is 1. The summed E-state index contributed by atoms with van der Waals surface area (Å²) in [5.41, 5.74) is -0.130. The molecule has 0 spiro atoms. The number of carbonyl (C=O) groups is 1. The van der Waals surface area contributed by atoms with E-state index in [-0.39, 0.29) is 5.60 Å². The monoisotopic (exact) mass is 184 g/mol. The fourth-order valence-electron chi connectivity index (χ4n) is 2.34. The number of hydrogen-bond acceptors (Lipinski definition) is 2. The minimum atomic E-state index is -0.130. The minimum absolute atomic E-state index is 0.130. The summed E-state index contributed by atoms with van der Waals surface area (Å²) in [4.78, 5) is 10.5. The fraction of sp³-hybridized carbons (Fsp3) is 0.909. The van der Waals surface area contributed by atoms with E-state index in [4.69, 9.17) is 4.74 Å². The quantitative estimate of drug-likeness (QED) is 0.628. The zero-order valence-electron chi connectivity index (χ0n) is 8.71. The highest BCUT2D eigenvalue weighted by molar-refractivity contribution is 5.38. The van der Waals surface area contributed by atoms with Crippen LogP contribution in [-0.2, 0) is 9.53 Å². The second kappa shape index (κ2) is 4.64. The second-order valence-corrected chi connectivity index (χ2v) is 4.15. The normalized spacial score (nSPS) is 23.5. The first-order chi connectivity index (χ1) is 6.25. The van der Waals surface area contributed by atoms with Gasteiger partial charge in [-0.3, -0.25) is 4.79 Å². The first kappa shape index (κ1) is 10.6. The smallest absolute Gasteiger partial charge is 0.293 e. The van der Waals surface area contributed by atoms with Gasteiger partial charge in [-0.15, -0.1) is 0 Å². The number of rotatable bonds is 4. The van der Waals surface area contributed by atoms with Gasteiger partial charge in [0.25, 0.3) is 6.47 Å². The van der Waals surface area contributed by atoms with Gasteiger partial charge in [0.15, 0.2) is 0 Å². The van der Waals surface area contributed by atoms with E-state index in [0.29, 0.717) is 12.4 Å². The average molecular weight is 184 g/mol. The molecule has 1 unspecified atom stereocenters. The van der Waals surface area contributed by atoms with E-state index in [1.807, 2.05) is 0 Å². The maximum atomic E-state index is 10.5. The van der Waals surface area contributed by atoms with E-state index < -0.39 is 0 Å². The summed E-state index contributed by atoms with van der Waals surface area (Å²) in [5.74, 6) is 0.498. The molecule has 2 heteroatoms. The van der Waals surface area contributed by atoms with Crippen molar-refractivity contribution in [3.05, 3.63) is 0 Å². The number of hydrogen-bond donors (Lipinski definition) is 0. The Morgan fingerprint density at radius 1 is 1.38 bits per heavy atom. The van der Waals surface area contributed by atoms with Crippen LogP contribution in [0.25, 0.3) is 0 Å².